The SMILES string of the molecule is Cc1noc(C2CN(C(=O)Cc3cc(F)ccc3F)CCN2C)n1. The third kappa shape index (κ3) is 3.43. The summed E-state index contributed by atoms with van der Waals surface area (Å²) in [5.41, 5.74) is 0.0594. The molecule has 1 atom stereocenters. The first kappa shape index (κ1) is 16.5. The highest BCUT2D eigenvalue weighted by atomic mass is 19.1. The molecule has 128 valence electrons. The number of aromatic nitrogens is 2. The van der Waals surface area contributed by atoms with Crippen molar-refractivity contribution in [2.45, 2.75) is 19.4 Å². The zero-order valence-corrected chi connectivity index (χ0v) is 13.5. The minimum absolute atomic E-state index is 0.0594. The number of hydrogen-bond acceptors (Lipinski definition) is 5. The fraction of sp³-hybridized carbons (Fsp3) is 0.438. The number of nitrogens with zero attached hydrogens (tertiary/aromatic N) is 4. The second-order valence-electron chi connectivity index (χ2n) is 5.93. The Morgan fingerprint density at radius 3 is 2.88 bits per heavy atom. The molecule has 1 aromatic heterocycles. The predicted molar refractivity (Wildman–Crippen MR) is 81.0 cm³/mol. The molecule has 1 aliphatic heterocycles. The molecule has 24 heavy (non-hydrogen) atoms. The van der Waals surface area contributed by atoms with Crippen molar-refractivity contribution in [2.24, 2.45) is 0 Å². The summed E-state index contributed by atoms with van der Waals surface area (Å²) in [5, 5.41) is 3.78. The zero-order chi connectivity index (χ0) is 17.3. The molecule has 1 saturated heterocycles. The van der Waals surface area contributed by atoms with Crippen LogP contribution in [-0.2, 0) is 11.2 Å². The summed E-state index contributed by atoms with van der Waals surface area (Å²) in [6, 6.07) is 2.92. The van der Waals surface area contributed by atoms with E-state index in [4.69, 9.17) is 4.52 Å². The Morgan fingerprint density at radius 1 is 1.38 bits per heavy atom. The van der Waals surface area contributed by atoms with E-state index in [0.717, 1.165) is 18.2 Å². The van der Waals surface area contributed by atoms with E-state index in [1.54, 1.807) is 11.8 Å². The third-order valence-electron chi connectivity index (χ3n) is 4.18. The molecule has 2 heterocycles. The van der Waals surface area contributed by atoms with Gasteiger partial charge in [-0.05, 0) is 32.2 Å². The monoisotopic (exact) mass is 336 g/mol. The molecular formula is C16H18F2N4O2. The largest absolute Gasteiger partial charge is 0.339 e. The Hall–Kier alpha value is -2.35. The van der Waals surface area contributed by atoms with E-state index in [0.29, 0.717) is 31.3 Å². The molecule has 0 spiro atoms. The molecule has 3 rings (SSSR count). The van der Waals surface area contributed by atoms with Crippen LogP contribution in [0, 0.1) is 18.6 Å². The van der Waals surface area contributed by atoms with Crippen molar-refractivity contribution >= 4 is 5.91 Å². The van der Waals surface area contributed by atoms with Gasteiger partial charge in [-0.15, -0.1) is 0 Å². The van der Waals surface area contributed by atoms with Crippen LogP contribution in [0.1, 0.15) is 23.3 Å². The van der Waals surface area contributed by atoms with Crippen LogP contribution >= 0.6 is 0 Å². The molecule has 1 aromatic carbocycles. The summed E-state index contributed by atoms with van der Waals surface area (Å²) in [6.07, 6.45) is -0.178. The first-order chi connectivity index (χ1) is 11.4. The molecule has 0 N–H and O–H groups in total. The Labute approximate surface area is 138 Å². The number of hydrogen-bond donors (Lipinski definition) is 0. The number of carbonyl (C=O) groups is 1. The molecule has 2 aromatic rings. The predicted octanol–water partition coefficient (Wildman–Crippen LogP) is 1.71. The van der Waals surface area contributed by atoms with Crippen LogP contribution in [0.15, 0.2) is 22.7 Å². The van der Waals surface area contributed by atoms with Crippen LogP contribution in [0.4, 0.5) is 8.78 Å². The number of rotatable bonds is 3. The Kier molecular flexibility index (Phi) is 4.57. The van der Waals surface area contributed by atoms with Gasteiger partial charge >= 0.3 is 0 Å². The van der Waals surface area contributed by atoms with Crippen molar-refractivity contribution in [1.82, 2.24) is 19.9 Å². The second-order valence-corrected chi connectivity index (χ2v) is 5.93. The number of carbonyl (C=O) groups excluding carboxylic acids is 1. The van der Waals surface area contributed by atoms with Crippen LogP contribution in [0.2, 0.25) is 0 Å². The van der Waals surface area contributed by atoms with E-state index in [1.807, 2.05) is 11.9 Å². The Bertz CT molecular complexity index is 749. The van der Waals surface area contributed by atoms with Gasteiger partial charge in [-0.2, -0.15) is 4.98 Å². The molecule has 1 fully saturated rings. The molecule has 0 bridgehead atoms. The number of piperazine rings is 1. The van der Waals surface area contributed by atoms with Gasteiger partial charge < -0.3 is 9.42 Å². The highest BCUT2D eigenvalue weighted by molar-refractivity contribution is 5.79. The summed E-state index contributed by atoms with van der Waals surface area (Å²) in [5.74, 6) is -0.415. The van der Waals surface area contributed by atoms with E-state index in [9.17, 15) is 13.6 Å². The van der Waals surface area contributed by atoms with Crippen molar-refractivity contribution in [1.29, 1.82) is 0 Å². The zero-order valence-electron chi connectivity index (χ0n) is 13.5. The smallest absolute Gasteiger partial charge is 0.245 e. The number of amides is 1. The average Bonchev–Trinajstić information content (AvgIpc) is 2.97. The van der Waals surface area contributed by atoms with E-state index < -0.39 is 11.6 Å². The summed E-state index contributed by atoms with van der Waals surface area (Å²) in [4.78, 5) is 20.3. The maximum Gasteiger partial charge on any atom is 0.245 e. The van der Waals surface area contributed by atoms with Gasteiger partial charge in [0, 0.05) is 25.2 Å². The van der Waals surface area contributed by atoms with Crippen molar-refractivity contribution in [2.75, 3.05) is 26.7 Å². The summed E-state index contributed by atoms with van der Waals surface area (Å²) >= 11 is 0. The van der Waals surface area contributed by atoms with Crippen molar-refractivity contribution < 1.29 is 18.1 Å². The van der Waals surface area contributed by atoms with Crippen LogP contribution < -0.4 is 0 Å². The topological polar surface area (TPSA) is 62.5 Å². The number of halogens is 2. The molecular weight excluding hydrogens is 318 g/mol. The fourth-order valence-electron chi connectivity index (χ4n) is 2.77. The molecule has 1 unspecified atom stereocenters. The normalized spacial score (nSPS) is 18.8. The minimum Gasteiger partial charge on any atom is -0.339 e. The highest BCUT2D eigenvalue weighted by Crippen LogP contribution is 2.23. The number of likely N-dealkylation sites (N-methyl/N-ethyl adjacent to an activating group) is 1. The van der Waals surface area contributed by atoms with E-state index >= 15 is 0 Å². The Morgan fingerprint density at radius 2 is 2.17 bits per heavy atom. The van der Waals surface area contributed by atoms with Gasteiger partial charge in [0.15, 0.2) is 5.82 Å². The van der Waals surface area contributed by atoms with E-state index in [2.05, 4.69) is 10.1 Å². The summed E-state index contributed by atoms with van der Waals surface area (Å²) in [6.45, 7) is 3.23. The van der Waals surface area contributed by atoms with Gasteiger partial charge in [0.2, 0.25) is 11.8 Å². The fourth-order valence-corrected chi connectivity index (χ4v) is 2.77. The first-order valence-electron chi connectivity index (χ1n) is 7.66. The van der Waals surface area contributed by atoms with Crippen molar-refractivity contribution in [3.05, 3.63) is 47.1 Å². The van der Waals surface area contributed by atoms with Gasteiger partial charge in [0.05, 0.1) is 6.42 Å². The lowest BCUT2D eigenvalue weighted by molar-refractivity contribution is -0.133. The molecule has 1 aliphatic rings. The van der Waals surface area contributed by atoms with E-state index in [-0.39, 0.29) is 23.9 Å². The molecule has 0 aliphatic carbocycles. The standard InChI is InChI=1S/C16H18F2N4O2/c1-10-19-16(24-20-10)14-9-22(6-5-21(14)2)15(23)8-11-7-12(17)3-4-13(11)18/h3-4,7,14H,5-6,8-9H2,1-2H3. The quantitative estimate of drug-likeness (QED) is 0.854. The van der Waals surface area contributed by atoms with Gasteiger partial charge in [0.25, 0.3) is 0 Å². The second kappa shape index (κ2) is 6.64. The maximum atomic E-state index is 13.7. The Balaban J connectivity index is 1.72. The van der Waals surface area contributed by atoms with Crippen LogP contribution in [0.5, 0.6) is 0 Å². The van der Waals surface area contributed by atoms with Crippen molar-refractivity contribution in [3.63, 3.8) is 0 Å². The van der Waals surface area contributed by atoms with Gasteiger partial charge in [-0.1, -0.05) is 5.16 Å². The first-order valence-corrected chi connectivity index (χ1v) is 7.66. The van der Waals surface area contributed by atoms with Gasteiger partial charge in [-0.25, -0.2) is 8.78 Å². The van der Waals surface area contributed by atoms with Gasteiger partial charge in [-0.3, -0.25) is 9.69 Å². The third-order valence-corrected chi connectivity index (χ3v) is 4.18. The minimum atomic E-state index is -0.581. The van der Waals surface area contributed by atoms with Gasteiger partial charge in [0.1, 0.15) is 17.7 Å². The molecule has 0 saturated carbocycles. The van der Waals surface area contributed by atoms with Crippen LogP contribution in [0.25, 0.3) is 0 Å². The van der Waals surface area contributed by atoms with Crippen LogP contribution in [0.3, 0.4) is 0 Å². The highest BCUT2D eigenvalue weighted by Gasteiger charge is 2.32. The number of aryl methyl sites for hydroxylation is 1. The lowest BCUT2D eigenvalue weighted by Gasteiger charge is -2.37. The lowest BCUT2D eigenvalue weighted by Crippen LogP contribution is -2.49. The number of benzene rings is 1. The average molecular weight is 336 g/mol. The molecule has 1 amide bonds. The molecule has 0 radical (unpaired) electrons. The van der Waals surface area contributed by atoms with Crippen LogP contribution in [-0.4, -0.2) is 52.5 Å². The summed E-state index contributed by atoms with van der Waals surface area (Å²) < 4.78 is 32.2. The van der Waals surface area contributed by atoms with E-state index in [1.165, 1.54) is 0 Å². The molecule has 6 nitrogen and oxygen atoms in total. The van der Waals surface area contributed by atoms with Crippen molar-refractivity contribution in [3.8, 4) is 0 Å². The molecule has 8 heteroatoms. The maximum absolute atomic E-state index is 13.7. The summed E-state index contributed by atoms with van der Waals surface area (Å²) in [7, 11) is 1.91. The lowest BCUT2D eigenvalue weighted by atomic mass is 10.1.